The van der Waals surface area contributed by atoms with Crippen LogP contribution < -0.4 is 0 Å². The Kier molecular flexibility index (Phi) is 5.94. The first-order valence-electron chi connectivity index (χ1n) is 8.92. The second kappa shape index (κ2) is 8.37. The molecule has 1 saturated heterocycles. The summed E-state index contributed by atoms with van der Waals surface area (Å²) in [5, 5.41) is 0.693. The van der Waals surface area contributed by atoms with E-state index in [4.69, 9.17) is 11.6 Å². The Bertz CT molecular complexity index is 798. The molecule has 1 heterocycles. The third-order valence-electron chi connectivity index (χ3n) is 4.81. The van der Waals surface area contributed by atoms with Crippen LogP contribution >= 0.6 is 11.6 Å². The lowest BCUT2D eigenvalue weighted by Crippen LogP contribution is -2.50. The Hall–Kier alpha value is -2.33. The second-order valence-corrected chi connectivity index (χ2v) is 7.05. The highest BCUT2D eigenvalue weighted by atomic mass is 35.5. The summed E-state index contributed by atoms with van der Waals surface area (Å²) in [6.45, 7) is 4.28. The lowest BCUT2D eigenvalue weighted by molar-refractivity contribution is -0.132. The number of benzene rings is 2. The quantitative estimate of drug-likeness (QED) is 0.825. The highest BCUT2D eigenvalue weighted by Crippen LogP contribution is 2.15. The zero-order valence-corrected chi connectivity index (χ0v) is 15.7. The van der Waals surface area contributed by atoms with Crippen LogP contribution in [-0.2, 0) is 11.2 Å². The van der Waals surface area contributed by atoms with E-state index < -0.39 is 0 Å². The molecule has 136 valence electrons. The minimum absolute atomic E-state index is 0.0501. The van der Waals surface area contributed by atoms with Crippen LogP contribution in [0.5, 0.6) is 0 Å². The number of nitrogens with zero attached hydrogens (tertiary/aromatic N) is 2. The van der Waals surface area contributed by atoms with Crippen molar-refractivity contribution in [2.45, 2.75) is 19.8 Å². The zero-order chi connectivity index (χ0) is 18.5. The van der Waals surface area contributed by atoms with Crippen LogP contribution in [0, 0.1) is 6.92 Å². The molecule has 26 heavy (non-hydrogen) atoms. The van der Waals surface area contributed by atoms with Crippen molar-refractivity contribution in [3.05, 3.63) is 70.2 Å². The normalized spacial score (nSPS) is 14.4. The minimum Gasteiger partial charge on any atom is -0.339 e. The Morgan fingerprint density at radius 1 is 0.962 bits per heavy atom. The highest BCUT2D eigenvalue weighted by Gasteiger charge is 2.25. The number of rotatable bonds is 4. The molecular weight excluding hydrogens is 348 g/mol. The standard InChI is InChI=1S/C21H23ClN2O2/c1-16-5-2-3-8-19(16)21(26)24-13-11-23(12-14-24)20(25)10-9-17-6-4-7-18(22)15-17/h2-8,15H,9-14H2,1H3. The molecule has 4 nitrogen and oxygen atoms in total. The number of carbonyl (C=O) groups excluding carboxylic acids is 2. The monoisotopic (exact) mass is 370 g/mol. The van der Waals surface area contributed by atoms with Gasteiger partial charge in [-0.2, -0.15) is 0 Å². The van der Waals surface area contributed by atoms with E-state index in [2.05, 4.69) is 0 Å². The fourth-order valence-corrected chi connectivity index (χ4v) is 3.46. The second-order valence-electron chi connectivity index (χ2n) is 6.62. The van der Waals surface area contributed by atoms with Gasteiger partial charge >= 0.3 is 0 Å². The maximum absolute atomic E-state index is 12.6. The third-order valence-corrected chi connectivity index (χ3v) is 5.05. The molecule has 2 aromatic carbocycles. The predicted molar refractivity (Wildman–Crippen MR) is 103 cm³/mol. The van der Waals surface area contributed by atoms with Crippen molar-refractivity contribution >= 4 is 23.4 Å². The smallest absolute Gasteiger partial charge is 0.254 e. The van der Waals surface area contributed by atoms with Gasteiger partial charge in [0.2, 0.25) is 5.91 Å². The van der Waals surface area contributed by atoms with Crippen molar-refractivity contribution in [2.75, 3.05) is 26.2 Å². The number of carbonyl (C=O) groups is 2. The van der Waals surface area contributed by atoms with Crippen molar-refractivity contribution in [1.82, 2.24) is 9.80 Å². The van der Waals surface area contributed by atoms with Crippen LogP contribution in [-0.4, -0.2) is 47.8 Å². The summed E-state index contributed by atoms with van der Waals surface area (Å²) < 4.78 is 0. The van der Waals surface area contributed by atoms with Crippen LogP contribution in [0.15, 0.2) is 48.5 Å². The molecule has 3 rings (SSSR count). The SMILES string of the molecule is Cc1ccccc1C(=O)N1CCN(C(=O)CCc2cccc(Cl)c2)CC1. The van der Waals surface area contributed by atoms with Gasteiger partial charge in [-0.05, 0) is 42.7 Å². The van der Waals surface area contributed by atoms with Gasteiger partial charge in [0.05, 0.1) is 0 Å². The largest absolute Gasteiger partial charge is 0.339 e. The summed E-state index contributed by atoms with van der Waals surface area (Å²) in [6, 6.07) is 15.2. The van der Waals surface area contributed by atoms with Crippen LogP contribution in [0.2, 0.25) is 5.02 Å². The third kappa shape index (κ3) is 4.44. The average Bonchev–Trinajstić information content (AvgIpc) is 2.66. The van der Waals surface area contributed by atoms with Gasteiger partial charge in [0, 0.05) is 43.2 Å². The molecule has 0 atom stereocenters. The molecule has 0 radical (unpaired) electrons. The summed E-state index contributed by atoms with van der Waals surface area (Å²) in [7, 11) is 0. The van der Waals surface area contributed by atoms with Crippen molar-refractivity contribution in [2.24, 2.45) is 0 Å². The molecule has 0 unspecified atom stereocenters. The Balaban J connectivity index is 1.51. The molecule has 1 aliphatic rings. The van der Waals surface area contributed by atoms with E-state index in [1.54, 1.807) is 0 Å². The molecule has 0 aliphatic carbocycles. The lowest BCUT2D eigenvalue weighted by Gasteiger charge is -2.35. The highest BCUT2D eigenvalue weighted by molar-refractivity contribution is 6.30. The van der Waals surface area contributed by atoms with Crippen molar-refractivity contribution in [1.29, 1.82) is 0 Å². The molecule has 1 fully saturated rings. The van der Waals surface area contributed by atoms with Gasteiger partial charge in [-0.25, -0.2) is 0 Å². The maximum Gasteiger partial charge on any atom is 0.254 e. The molecule has 1 aliphatic heterocycles. The number of hydrogen-bond donors (Lipinski definition) is 0. The van der Waals surface area contributed by atoms with Gasteiger partial charge in [0.25, 0.3) is 5.91 Å². The van der Waals surface area contributed by atoms with E-state index in [0.717, 1.165) is 16.7 Å². The first-order valence-corrected chi connectivity index (χ1v) is 9.29. The number of aryl methyl sites for hydroxylation is 2. The first kappa shape index (κ1) is 18.5. The molecule has 0 bridgehead atoms. The van der Waals surface area contributed by atoms with Crippen LogP contribution in [0.4, 0.5) is 0 Å². The summed E-state index contributed by atoms with van der Waals surface area (Å²) in [6.07, 6.45) is 1.15. The van der Waals surface area contributed by atoms with Crippen molar-refractivity contribution in [3.63, 3.8) is 0 Å². The predicted octanol–water partition coefficient (Wildman–Crippen LogP) is 3.57. The fourth-order valence-electron chi connectivity index (χ4n) is 3.24. The van der Waals surface area contributed by atoms with E-state index in [-0.39, 0.29) is 11.8 Å². The average molecular weight is 371 g/mol. The summed E-state index contributed by atoms with van der Waals surface area (Å²) in [5.74, 6) is 0.182. The molecule has 0 spiro atoms. The van der Waals surface area contributed by atoms with Gasteiger partial charge in [0.15, 0.2) is 0 Å². The van der Waals surface area contributed by atoms with Crippen LogP contribution in [0.3, 0.4) is 0 Å². The Morgan fingerprint density at radius 2 is 1.65 bits per heavy atom. The maximum atomic E-state index is 12.6. The minimum atomic E-state index is 0.0501. The van der Waals surface area contributed by atoms with E-state index in [9.17, 15) is 9.59 Å². The van der Waals surface area contributed by atoms with Crippen LogP contribution in [0.1, 0.15) is 27.9 Å². The van der Waals surface area contributed by atoms with Gasteiger partial charge < -0.3 is 9.80 Å². The number of hydrogen-bond acceptors (Lipinski definition) is 2. The topological polar surface area (TPSA) is 40.6 Å². The number of amides is 2. The number of piperazine rings is 1. The molecule has 5 heteroatoms. The van der Waals surface area contributed by atoms with Crippen LogP contribution in [0.25, 0.3) is 0 Å². The Labute approximate surface area is 159 Å². The molecule has 0 aromatic heterocycles. The van der Waals surface area contributed by atoms with Crippen molar-refractivity contribution in [3.8, 4) is 0 Å². The van der Waals surface area contributed by atoms with E-state index in [1.807, 2.05) is 65.3 Å². The zero-order valence-electron chi connectivity index (χ0n) is 15.0. The van der Waals surface area contributed by atoms with Gasteiger partial charge in [-0.3, -0.25) is 9.59 Å². The van der Waals surface area contributed by atoms with Gasteiger partial charge in [-0.15, -0.1) is 0 Å². The van der Waals surface area contributed by atoms with Crippen molar-refractivity contribution < 1.29 is 9.59 Å². The summed E-state index contributed by atoms with van der Waals surface area (Å²) >= 11 is 5.98. The van der Waals surface area contributed by atoms with E-state index in [1.165, 1.54) is 0 Å². The van der Waals surface area contributed by atoms with Gasteiger partial charge in [0.1, 0.15) is 0 Å². The van der Waals surface area contributed by atoms with E-state index >= 15 is 0 Å². The fraction of sp³-hybridized carbons (Fsp3) is 0.333. The number of halogens is 1. The first-order chi connectivity index (χ1) is 12.5. The summed E-state index contributed by atoms with van der Waals surface area (Å²) in [4.78, 5) is 28.8. The molecule has 2 amide bonds. The molecule has 0 saturated carbocycles. The molecular formula is C21H23ClN2O2. The lowest BCUT2D eigenvalue weighted by atomic mass is 10.1. The molecule has 0 N–H and O–H groups in total. The summed E-state index contributed by atoms with van der Waals surface area (Å²) in [5.41, 5.74) is 2.80. The molecule has 2 aromatic rings. The van der Waals surface area contributed by atoms with Gasteiger partial charge in [-0.1, -0.05) is 41.9 Å². The Morgan fingerprint density at radius 3 is 2.35 bits per heavy atom. The van der Waals surface area contributed by atoms with E-state index in [0.29, 0.717) is 44.0 Å².